The number of nitrogens with zero attached hydrogens (tertiary/aromatic N) is 2. The smallest absolute Gasteiger partial charge is 0.151 e. The largest absolute Gasteiger partial charge is 0.339 e. The van der Waals surface area contributed by atoms with Gasteiger partial charge in [0.2, 0.25) is 0 Å². The molecule has 4 rings (SSSR count). The number of nitrogens with one attached hydrogen (secondary N) is 1. The molecule has 0 aliphatic carbocycles. The van der Waals surface area contributed by atoms with Crippen LogP contribution in [0.1, 0.15) is 21.6 Å². The highest BCUT2D eigenvalue weighted by Crippen LogP contribution is 2.31. The Morgan fingerprint density at radius 1 is 1.11 bits per heavy atom. The van der Waals surface area contributed by atoms with E-state index < -0.39 is 0 Å². The molecule has 0 saturated heterocycles. The second-order valence-corrected chi connectivity index (χ2v) is 7.64. The standard InChI is InChI=1S/C23H18FN3S/c1-3-20-13-21-22(28-20)23(26-14-25-21)27-19-10-9-17(15(2)11-19)8-7-16-5-4-6-18(24)12-16/h1,4-6,9-14H,7-8H2,2H3,(H,25,26,27). The predicted molar refractivity (Wildman–Crippen MR) is 114 cm³/mol. The van der Waals surface area contributed by atoms with Crippen LogP contribution in [0, 0.1) is 25.1 Å². The lowest BCUT2D eigenvalue weighted by Gasteiger charge is -2.11. The molecule has 0 saturated carbocycles. The first kappa shape index (κ1) is 18.1. The van der Waals surface area contributed by atoms with Gasteiger partial charge in [-0.05, 0) is 66.8 Å². The van der Waals surface area contributed by atoms with E-state index >= 15 is 0 Å². The summed E-state index contributed by atoms with van der Waals surface area (Å²) in [6.45, 7) is 2.09. The third-order valence-corrected chi connectivity index (χ3v) is 5.69. The van der Waals surface area contributed by atoms with Crippen molar-refractivity contribution in [2.24, 2.45) is 0 Å². The van der Waals surface area contributed by atoms with Crippen molar-refractivity contribution >= 4 is 33.1 Å². The van der Waals surface area contributed by atoms with Crippen molar-refractivity contribution in [1.82, 2.24) is 9.97 Å². The number of thiophene rings is 1. The molecule has 2 heterocycles. The minimum atomic E-state index is -0.188. The van der Waals surface area contributed by atoms with E-state index in [1.807, 2.05) is 18.2 Å². The molecule has 5 heteroatoms. The fraction of sp³-hybridized carbons (Fsp3) is 0.130. The summed E-state index contributed by atoms with van der Waals surface area (Å²) in [5.41, 5.74) is 5.24. The number of hydrogen-bond donors (Lipinski definition) is 1. The highest BCUT2D eigenvalue weighted by atomic mass is 32.1. The Hall–Kier alpha value is -3.23. The van der Waals surface area contributed by atoms with Gasteiger partial charge in [0, 0.05) is 5.69 Å². The van der Waals surface area contributed by atoms with Crippen LogP contribution in [-0.2, 0) is 12.8 Å². The summed E-state index contributed by atoms with van der Waals surface area (Å²) in [5, 5.41) is 3.37. The third kappa shape index (κ3) is 3.88. The molecule has 0 spiro atoms. The summed E-state index contributed by atoms with van der Waals surface area (Å²) in [7, 11) is 0. The molecule has 0 unspecified atom stereocenters. The third-order valence-electron chi connectivity index (χ3n) is 4.63. The quantitative estimate of drug-likeness (QED) is 0.450. The molecule has 0 amide bonds. The zero-order valence-electron chi connectivity index (χ0n) is 15.4. The average molecular weight is 387 g/mol. The van der Waals surface area contributed by atoms with Crippen LogP contribution in [0.2, 0.25) is 0 Å². The molecule has 0 atom stereocenters. The highest BCUT2D eigenvalue weighted by Gasteiger charge is 2.09. The van der Waals surface area contributed by atoms with Gasteiger partial charge in [-0.3, -0.25) is 0 Å². The molecule has 0 radical (unpaired) electrons. The van der Waals surface area contributed by atoms with Crippen molar-refractivity contribution < 1.29 is 4.39 Å². The molecule has 2 aromatic heterocycles. The van der Waals surface area contributed by atoms with Crippen molar-refractivity contribution in [3.63, 3.8) is 0 Å². The van der Waals surface area contributed by atoms with Gasteiger partial charge < -0.3 is 5.32 Å². The van der Waals surface area contributed by atoms with Crippen LogP contribution in [0.25, 0.3) is 10.2 Å². The maximum Gasteiger partial charge on any atom is 0.151 e. The molecular formula is C23H18FN3S. The van der Waals surface area contributed by atoms with Crippen LogP contribution in [0.4, 0.5) is 15.9 Å². The van der Waals surface area contributed by atoms with Crippen LogP contribution < -0.4 is 5.32 Å². The van der Waals surface area contributed by atoms with Gasteiger partial charge in [-0.15, -0.1) is 17.8 Å². The normalized spacial score (nSPS) is 10.8. The van der Waals surface area contributed by atoms with Crippen molar-refractivity contribution in [3.8, 4) is 12.3 Å². The number of rotatable bonds is 5. The zero-order chi connectivity index (χ0) is 19.5. The van der Waals surface area contributed by atoms with Gasteiger partial charge in [0.25, 0.3) is 0 Å². The van der Waals surface area contributed by atoms with Gasteiger partial charge in [-0.1, -0.05) is 24.1 Å². The summed E-state index contributed by atoms with van der Waals surface area (Å²) < 4.78 is 14.3. The Balaban J connectivity index is 1.52. The van der Waals surface area contributed by atoms with Crippen molar-refractivity contribution in [2.75, 3.05) is 5.32 Å². The molecule has 3 nitrogen and oxygen atoms in total. The van der Waals surface area contributed by atoms with Gasteiger partial charge in [0.15, 0.2) is 5.82 Å². The topological polar surface area (TPSA) is 37.8 Å². The second kappa shape index (κ2) is 7.79. The maximum absolute atomic E-state index is 13.3. The lowest BCUT2D eigenvalue weighted by molar-refractivity contribution is 0.625. The van der Waals surface area contributed by atoms with Crippen LogP contribution in [-0.4, -0.2) is 9.97 Å². The molecule has 4 aromatic rings. The van der Waals surface area contributed by atoms with Crippen molar-refractivity contribution in [2.45, 2.75) is 19.8 Å². The van der Waals surface area contributed by atoms with E-state index in [0.29, 0.717) is 0 Å². The van der Waals surface area contributed by atoms with Crippen molar-refractivity contribution in [3.05, 3.63) is 82.2 Å². The van der Waals surface area contributed by atoms with Crippen LogP contribution in [0.5, 0.6) is 0 Å². The summed E-state index contributed by atoms with van der Waals surface area (Å²) >= 11 is 1.50. The Morgan fingerprint density at radius 2 is 2.00 bits per heavy atom. The number of hydrogen-bond acceptors (Lipinski definition) is 4. The Kier molecular flexibility index (Phi) is 5.05. The Morgan fingerprint density at radius 3 is 2.79 bits per heavy atom. The summed E-state index contributed by atoms with van der Waals surface area (Å²) in [5.74, 6) is 3.22. The summed E-state index contributed by atoms with van der Waals surface area (Å²) in [6.07, 6.45) is 8.71. The molecule has 0 fully saturated rings. The average Bonchev–Trinajstić information content (AvgIpc) is 3.12. The first-order chi connectivity index (χ1) is 13.6. The molecule has 1 N–H and O–H groups in total. The fourth-order valence-electron chi connectivity index (χ4n) is 3.18. The number of terminal acetylenes is 1. The van der Waals surface area contributed by atoms with E-state index in [9.17, 15) is 4.39 Å². The molecule has 28 heavy (non-hydrogen) atoms. The molecule has 0 aliphatic heterocycles. The first-order valence-corrected chi connectivity index (χ1v) is 9.76. The molecule has 0 bridgehead atoms. The first-order valence-electron chi connectivity index (χ1n) is 8.94. The van der Waals surface area contributed by atoms with Crippen molar-refractivity contribution in [1.29, 1.82) is 0 Å². The monoisotopic (exact) mass is 387 g/mol. The number of fused-ring (bicyclic) bond motifs is 1. The lowest BCUT2D eigenvalue weighted by atomic mass is 10.00. The van der Waals surface area contributed by atoms with E-state index in [1.54, 1.807) is 12.1 Å². The molecule has 0 aliphatic rings. The summed E-state index contributed by atoms with van der Waals surface area (Å²) in [6, 6.07) is 14.9. The minimum absolute atomic E-state index is 0.188. The van der Waals surface area contributed by atoms with Crippen LogP contribution >= 0.6 is 11.3 Å². The van der Waals surface area contributed by atoms with Gasteiger partial charge in [-0.2, -0.15) is 0 Å². The van der Waals surface area contributed by atoms with E-state index in [1.165, 1.54) is 34.9 Å². The highest BCUT2D eigenvalue weighted by molar-refractivity contribution is 7.20. The number of aryl methyl sites for hydroxylation is 3. The molecular weight excluding hydrogens is 369 g/mol. The van der Waals surface area contributed by atoms with Crippen LogP contribution in [0.15, 0.2) is 54.9 Å². The minimum Gasteiger partial charge on any atom is -0.339 e. The van der Waals surface area contributed by atoms with E-state index in [-0.39, 0.29) is 5.82 Å². The van der Waals surface area contributed by atoms with Crippen LogP contribution in [0.3, 0.4) is 0 Å². The number of anilines is 2. The molecule has 138 valence electrons. The van der Waals surface area contributed by atoms with Gasteiger partial charge in [0.05, 0.1) is 15.1 Å². The zero-order valence-corrected chi connectivity index (χ0v) is 16.2. The lowest BCUT2D eigenvalue weighted by Crippen LogP contribution is -1.98. The Labute approximate surface area is 167 Å². The van der Waals surface area contributed by atoms with E-state index in [2.05, 4.69) is 40.3 Å². The predicted octanol–water partition coefficient (Wildman–Crippen LogP) is 5.65. The second-order valence-electron chi connectivity index (χ2n) is 6.59. The van der Waals surface area contributed by atoms with Gasteiger partial charge in [-0.25, -0.2) is 14.4 Å². The summed E-state index contributed by atoms with van der Waals surface area (Å²) in [4.78, 5) is 9.49. The SMILES string of the molecule is C#Cc1cc2ncnc(Nc3ccc(CCc4cccc(F)c4)c(C)c3)c2s1. The maximum atomic E-state index is 13.3. The van der Waals surface area contributed by atoms with Gasteiger partial charge in [0.1, 0.15) is 12.1 Å². The Bertz CT molecular complexity index is 1190. The molecule has 2 aromatic carbocycles. The number of halogens is 1. The van der Waals surface area contributed by atoms with E-state index in [0.717, 1.165) is 45.0 Å². The van der Waals surface area contributed by atoms with E-state index in [4.69, 9.17) is 6.42 Å². The number of aromatic nitrogens is 2. The fourth-order valence-corrected chi connectivity index (χ4v) is 4.04. The van der Waals surface area contributed by atoms with Gasteiger partial charge >= 0.3 is 0 Å². The number of benzene rings is 2.